The Hall–Kier alpha value is -2.91. The van der Waals surface area contributed by atoms with Crippen molar-refractivity contribution in [3.05, 3.63) is 99.4 Å². The molecule has 4 aromatic rings. The van der Waals surface area contributed by atoms with Crippen molar-refractivity contribution in [1.82, 2.24) is 14.5 Å². The molecule has 9 heteroatoms. The van der Waals surface area contributed by atoms with E-state index in [-0.39, 0.29) is 24.8 Å². The third-order valence-electron chi connectivity index (χ3n) is 5.86. The van der Waals surface area contributed by atoms with Gasteiger partial charge in [-0.1, -0.05) is 101 Å². The molecule has 0 aliphatic carbocycles. The van der Waals surface area contributed by atoms with Gasteiger partial charge in [0.05, 0.1) is 15.9 Å². The first-order chi connectivity index (χ1) is 17.9. The summed E-state index contributed by atoms with van der Waals surface area (Å²) in [4.78, 5) is 33.2. The smallest absolute Gasteiger partial charge is 0.266 e. The van der Waals surface area contributed by atoms with Crippen molar-refractivity contribution < 1.29 is 9.59 Å². The van der Waals surface area contributed by atoms with E-state index in [1.807, 2.05) is 36.4 Å². The first kappa shape index (κ1) is 25.7. The van der Waals surface area contributed by atoms with Crippen LogP contribution in [0, 0.1) is 6.92 Å². The Morgan fingerprint density at radius 3 is 2.57 bits per heavy atom. The van der Waals surface area contributed by atoms with Crippen LogP contribution in [0.5, 0.6) is 0 Å². The van der Waals surface area contributed by atoms with Crippen molar-refractivity contribution in [2.75, 3.05) is 6.54 Å². The van der Waals surface area contributed by atoms with Gasteiger partial charge in [0.2, 0.25) is 5.91 Å². The number of nitrogens with zero attached hydrogens (tertiary/aromatic N) is 3. The van der Waals surface area contributed by atoms with Gasteiger partial charge in [-0.05, 0) is 48.4 Å². The van der Waals surface area contributed by atoms with E-state index in [0.717, 1.165) is 22.2 Å². The quantitative estimate of drug-likeness (QED) is 0.134. The van der Waals surface area contributed by atoms with Crippen LogP contribution in [0.2, 0.25) is 5.02 Å². The van der Waals surface area contributed by atoms with Gasteiger partial charge in [0.15, 0.2) is 5.16 Å². The molecule has 0 bridgehead atoms. The third kappa shape index (κ3) is 5.83. The summed E-state index contributed by atoms with van der Waals surface area (Å²) in [7, 11) is 0. The third-order valence-corrected chi connectivity index (χ3v) is 8.50. The summed E-state index contributed by atoms with van der Waals surface area (Å²) >= 11 is 14.2. The normalized spacial score (nSPS) is 14.8. The molecular weight excluding hydrogens is 542 g/mol. The van der Waals surface area contributed by atoms with E-state index in [1.165, 1.54) is 34.0 Å². The molecule has 5 nitrogen and oxygen atoms in total. The highest BCUT2D eigenvalue weighted by Crippen LogP contribution is 2.33. The lowest BCUT2D eigenvalue weighted by Crippen LogP contribution is -2.31. The fourth-order valence-electron chi connectivity index (χ4n) is 3.90. The molecule has 1 aliphatic rings. The van der Waals surface area contributed by atoms with Crippen LogP contribution in [0.25, 0.3) is 17.1 Å². The molecule has 1 amide bonds. The fraction of sp³-hybridized carbons (Fsp3) is 0.143. The number of halogens is 1. The minimum absolute atomic E-state index is 0.124. The van der Waals surface area contributed by atoms with Crippen LogP contribution in [0.3, 0.4) is 0 Å². The number of aryl methyl sites for hydroxylation is 1. The van der Waals surface area contributed by atoms with Crippen molar-refractivity contribution in [2.45, 2.75) is 24.3 Å². The molecule has 0 saturated carbocycles. The number of amides is 1. The predicted octanol–water partition coefficient (Wildman–Crippen LogP) is 7.22. The van der Waals surface area contributed by atoms with Crippen LogP contribution in [0.4, 0.5) is 0 Å². The van der Waals surface area contributed by atoms with Crippen molar-refractivity contribution in [3.8, 4) is 0 Å². The summed E-state index contributed by atoms with van der Waals surface area (Å²) < 4.78 is 2.11. The topological polar surface area (TPSA) is 55.2 Å². The van der Waals surface area contributed by atoms with Gasteiger partial charge >= 0.3 is 0 Å². The number of imidazole rings is 1. The maximum absolute atomic E-state index is 13.5. The van der Waals surface area contributed by atoms with E-state index >= 15 is 0 Å². The molecule has 0 atom stereocenters. The van der Waals surface area contributed by atoms with Crippen molar-refractivity contribution in [1.29, 1.82) is 0 Å². The van der Waals surface area contributed by atoms with Gasteiger partial charge in [-0.2, -0.15) is 0 Å². The zero-order valence-electron chi connectivity index (χ0n) is 19.9. The zero-order chi connectivity index (χ0) is 25.9. The minimum Gasteiger partial charge on any atom is -0.292 e. The molecule has 37 heavy (non-hydrogen) atoms. The van der Waals surface area contributed by atoms with Crippen molar-refractivity contribution in [2.24, 2.45) is 0 Å². The molecule has 0 N–H and O–H groups in total. The zero-order valence-corrected chi connectivity index (χ0v) is 23.1. The maximum Gasteiger partial charge on any atom is 0.266 e. The molecule has 0 spiro atoms. The predicted molar refractivity (Wildman–Crippen MR) is 157 cm³/mol. The summed E-state index contributed by atoms with van der Waals surface area (Å²) in [5.74, 6) is 0.374. The number of thioether (sulfide) groups is 2. The highest BCUT2D eigenvalue weighted by molar-refractivity contribution is 8.26. The first-order valence-corrected chi connectivity index (χ1v) is 14.2. The van der Waals surface area contributed by atoms with E-state index in [4.69, 9.17) is 28.8 Å². The number of hydrogen-bond acceptors (Lipinski definition) is 6. The number of rotatable bonds is 7. The summed E-state index contributed by atoms with van der Waals surface area (Å²) in [6.07, 6.45) is 1.92. The first-order valence-electron chi connectivity index (χ1n) is 11.6. The SMILES string of the molecule is Cc1ccc(CSc2nc3ccccc3n2C(=O)CCN2C(=O)/C(=C/c3ccc(Cl)cc3)SC2=S)cc1. The summed E-state index contributed by atoms with van der Waals surface area (Å²) in [6, 6.07) is 23.2. The second kappa shape index (κ2) is 11.2. The second-order valence-electron chi connectivity index (χ2n) is 8.52. The van der Waals surface area contributed by atoms with Crippen LogP contribution >= 0.6 is 47.3 Å². The van der Waals surface area contributed by atoms with Gasteiger partial charge in [-0.3, -0.25) is 19.1 Å². The molecule has 1 aliphatic heterocycles. The molecule has 0 unspecified atom stereocenters. The van der Waals surface area contributed by atoms with E-state index in [2.05, 4.69) is 31.2 Å². The molecule has 1 saturated heterocycles. The number of thiocarbonyl (C=S) groups is 1. The Balaban J connectivity index is 1.32. The molecule has 1 fully saturated rings. The number of aromatic nitrogens is 2. The Morgan fingerprint density at radius 1 is 1.08 bits per heavy atom. The average molecular weight is 564 g/mol. The van der Waals surface area contributed by atoms with E-state index in [9.17, 15) is 9.59 Å². The number of carbonyl (C=O) groups is 2. The molecule has 5 rings (SSSR count). The van der Waals surface area contributed by atoms with Gasteiger partial charge in [0.25, 0.3) is 5.91 Å². The summed E-state index contributed by atoms with van der Waals surface area (Å²) in [6.45, 7) is 2.26. The monoisotopic (exact) mass is 563 g/mol. The standard InChI is InChI=1S/C28H22ClN3O2S3/c1-18-6-8-20(9-7-18)17-36-27-30-22-4-2-3-5-23(22)32(27)25(33)14-15-31-26(34)24(37-28(31)35)16-19-10-12-21(29)13-11-19/h2-13,16H,14-15,17H2,1H3/b24-16-. The average Bonchev–Trinajstić information content (AvgIpc) is 3.39. The molecule has 3 aromatic carbocycles. The highest BCUT2D eigenvalue weighted by atomic mass is 35.5. The summed E-state index contributed by atoms with van der Waals surface area (Å²) in [5.41, 5.74) is 4.74. The number of carbonyl (C=O) groups excluding carboxylic acids is 2. The number of fused-ring (bicyclic) bond motifs is 1. The Bertz CT molecular complexity index is 1530. The number of para-hydroxylation sites is 2. The highest BCUT2D eigenvalue weighted by Gasteiger charge is 2.32. The number of hydrogen-bond donors (Lipinski definition) is 0. The van der Waals surface area contributed by atoms with Gasteiger partial charge in [0.1, 0.15) is 4.32 Å². The Morgan fingerprint density at radius 2 is 1.81 bits per heavy atom. The van der Waals surface area contributed by atoms with Crippen LogP contribution in [0.1, 0.15) is 27.9 Å². The molecular formula is C28H22ClN3O2S3. The van der Waals surface area contributed by atoms with Crippen LogP contribution in [-0.2, 0) is 10.5 Å². The van der Waals surface area contributed by atoms with Crippen molar-refractivity contribution in [3.63, 3.8) is 0 Å². The molecule has 2 heterocycles. The second-order valence-corrected chi connectivity index (χ2v) is 11.6. The Labute approximate surface area is 233 Å². The summed E-state index contributed by atoms with van der Waals surface area (Å²) in [5, 5.41) is 1.27. The van der Waals surface area contributed by atoms with Gasteiger partial charge in [0, 0.05) is 23.7 Å². The molecule has 1 aromatic heterocycles. The lowest BCUT2D eigenvalue weighted by Gasteiger charge is -2.15. The van der Waals surface area contributed by atoms with Crippen LogP contribution in [-0.4, -0.2) is 37.1 Å². The molecule has 186 valence electrons. The minimum atomic E-state index is -0.192. The number of benzene rings is 3. The largest absolute Gasteiger partial charge is 0.292 e. The van der Waals surface area contributed by atoms with Gasteiger partial charge < -0.3 is 0 Å². The van der Waals surface area contributed by atoms with Gasteiger partial charge in [-0.25, -0.2) is 4.98 Å². The molecule has 0 radical (unpaired) electrons. The van der Waals surface area contributed by atoms with Crippen LogP contribution < -0.4 is 0 Å². The Kier molecular flexibility index (Phi) is 7.81. The lowest BCUT2D eigenvalue weighted by atomic mass is 10.2. The van der Waals surface area contributed by atoms with Gasteiger partial charge in [-0.15, -0.1) is 0 Å². The van der Waals surface area contributed by atoms with E-state index in [0.29, 0.717) is 25.2 Å². The maximum atomic E-state index is 13.5. The van der Waals surface area contributed by atoms with E-state index < -0.39 is 0 Å². The fourth-order valence-corrected chi connectivity index (χ4v) is 6.31. The van der Waals surface area contributed by atoms with Crippen LogP contribution in [0.15, 0.2) is 82.9 Å². The van der Waals surface area contributed by atoms with E-state index in [1.54, 1.807) is 22.8 Å². The van der Waals surface area contributed by atoms with Crippen molar-refractivity contribution >= 4 is 80.6 Å². The lowest BCUT2D eigenvalue weighted by molar-refractivity contribution is -0.122.